The normalized spacial score (nSPS) is 16.0. The van der Waals surface area contributed by atoms with Crippen molar-refractivity contribution in [2.75, 3.05) is 31.1 Å². The number of piperazine rings is 1. The van der Waals surface area contributed by atoms with E-state index in [1.165, 1.54) is 6.07 Å². The Labute approximate surface area is 139 Å². The maximum Gasteiger partial charge on any atom is 0.149 e. The Balaban J connectivity index is 1.49. The maximum absolute atomic E-state index is 13.9. The molecular weight excluding hydrogens is 307 g/mol. The van der Waals surface area contributed by atoms with E-state index in [1.807, 2.05) is 25.1 Å². The van der Waals surface area contributed by atoms with Gasteiger partial charge in [-0.3, -0.25) is 9.88 Å². The molecule has 1 aromatic carbocycles. The molecule has 0 unspecified atom stereocenters. The Morgan fingerprint density at radius 3 is 2.75 bits per heavy atom. The van der Waals surface area contributed by atoms with Crippen molar-refractivity contribution in [2.45, 2.75) is 13.5 Å². The Morgan fingerprint density at radius 2 is 2.00 bits per heavy atom. The van der Waals surface area contributed by atoms with Crippen molar-refractivity contribution in [1.82, 2.24) is 15.0 Å². The Kier molecular flexibility index (Phi) is 3.90. The zero-order chi connectivity index (χ0) is 16.5. The number of anilines is 1. The first kappa shape index (κ1) is 15.1. The van der Waals surface area contributed by atoms with Crippen LogP contribution in [0.5, 0.6) is 0 Å². The first-order chi connectivity index (χ1) is 11.7. The second-order valence-corrected chi connectivity index (χ2v) is 6.16. The van der Waals surface area contributed by atoms with Crippen LogP contribution in [0, 0.1) is 12.7 Å². The van der Waals surface area contributed by atoms with Crippen molar-refractivity contribution in [2.24, 2.45) is 0 Å². The SMILES string of the molecule is Cc1cc(CN2CCN(c3ccnc4c(F)cccc34)CC2)no1. The van der Waals surface area contributed by atoms with E-state index in [1.54, 1.807) is 12.3 Å². The van der Waals surface area contributed by atoms with Gasteiger partial charge in [0.05, 0.1) is 5.69 Å². The fourth-order valence-electron chi connectivity index (χ4n) is 3.27. The lowest BCUT2D eigenvalue weighted by molar-refractivity contribution is 0.242. The minimum Gasteiger partial charge on any atom is -0.368 e. The first-order valence-electron chi connectivity index (χ1n) is 8.13. The van der Waals surface area contributed by atoms with Gasteiger partial charge in [0, 0.05) is 56.1 Å². The maximum atomic E-state index is 13.9. The third-order valence-corrected chi connectivity index (χ3v) is 4.47. The lowest BCUT2D eigenvalue weighted by Crippen LogP contribution is -2.46. The summed E-state index contributed by atoms with van der Waals surface area (Å²) in [5.41, 5.74) is 2.46. The number of aryl methyl sites for hydroxylation is 1. The van der Waals surface area contributed by atoms with Crippen molar-refractivity contribution in [3.63, 3.8) is 0 Å². The van der Waals surface area contributed by atoms with E-state index in [-0.39, 0.29) is 5.82 Å². The van der Waals surface area contributed by atoms with E-state index in [2.05, 4.69) is 19.9 Å². The molecule has 1 saturated heterocycles. The number of hydrogen-bond donors (Lipinski definition) is 0. The summed E-state index contributed by atoms with van der Waals surface area (Å²) >= 11 is 0. The standard InChI is InChI=1S/C18H19FN4O/c1-13-11-14(21-24-13)12-22-7-9-23(10-8-22)17-5-6-20-18-15(17)3-2-4-16(18)19/h2-6,11H,7-10,12H2,1H3. The number of hydrogen-bond acceptors (Lipinski definition) is 5. The highest BCUT2D eigenvalue weighted by atomic mass is 19.1. The van der Waals surface area contributed by atoms with Crippen LogP contribution in [0.1, 0.15) is 11.5 Å². The predicted molar refractivity (Wildman–Crippen MR) is 90.4 cm³/mol. The van der Waals surface area contributed by atoms with E-state index < -0.39 is 0 Å². The van der Waals surface area contributed by atoms with Crippen LogP contribution in [0.4, 0.5) is 10.1 Å². The van der Waals surface area contributed by atoms with Crippen molar-refractivity contribution in [1.29, 1.82) is 0 Å². The molecule has 6 heteroatoms. The second kappa shape index (κ2) is 6.20. The summed E-state index contributed by atoms with van der Waals surface area (Å²) in [5, 5.41) is 4.93. The van der Waals surface area contributed by atoms with Crippen LogP contribution in [-0.2, 0) is 6.54 Å². The van der Waals surface area contributed by atoms with Crippen LogP contribution in [0.3, 0.4) is 0 Å². The quantitative estimate of drug-likeness (QED) is 0.740. The van der Waals surface area contributed by atoms with E-state index in [9.17, 15) is 4.39 Å². The number of halogens is 1. The number of benzene rings is 1. The zero-order valence-corrected chi connectivity index (χ0v) is 13.6. The van der Waals surface area contributed by atoms with Gasteiger partial charge in [-0.05, 0) is 19.1 Å². The fourth-order valence-corrected chi connectivity index (χ4v) is 3.27. The van der Waals surface area contributed by atoms with Crippen molar-refractivity contribution < 1.29 is 8.91 Å². The van der Waals surface area contributed by atoms with Gasteiger partial charge in [0.25, 0.3) is 0 Å². The van der Waals surface area contributed by atoms with Crippen LogP contribution in [0.2, 0.25) is 0 Å². The van der Waals surface area contributed by atoms with Gasteiger partial charge in [0.1, 0.15) is 17.1 Å². The van der Waals surface area contributed by atoms with Gasteiger partial charge >= 0.3 is 0 Å². The monoisotopic (exact) mass is 326 g/mol. The number of para-hydroxylation sites is 1. The molecule has 3 heterocycles. The average molecular weight is 326 g/mol. The lowest BCUT2D eigenvalue weighted by Gasteiger charge is -2.36. The van der Waals surface area contributed by atoms with Gasteiger partial charge in [-0.2, -0.15) is 0 Å². The first-order valence-corrected chi connectivity index (χ1v) is 8.13. The van der Waals surface area contributed by atoms with E-state index in [4.69, 9.17) is 4.52 Å². The van der Waals surface area contributed by atoms with Gasteiger partial charge in [0.2, 0.25) is 0 Å². The molecule has 1 aliphatic rings. The molecule has 4 rings (SSSR count). The van der Waals surface area contributed by atoms with Crippen molar-refractivity contribution in [3.8, 4) is 0 Å². The lowest BCUT2D eigenvalue weighted by atomic mass is 10.1. The second-order valence-electron chi connectivity index (χ2n) is 6.16. The molecule has 0 bridgehead atoms. The van der Waals surface area contributed by atoms with Crippen LogP contribution in [-0.4, -0.2) is 41.2 Å². The highest BCUT2D eigenvalue weighted by Crippen LogP contribution is 2.27. The molecule has 0 aliphatic carbocycles. The largest absolute Gasteiger partial charge is 0.368 e. The molecule has 0 N–H and O–H groups in total. The van der Waals surface area contributed by atoms with Crippen LogP contribution in [0.15, 0.2) is 41.1 Å². The van der Waals surface area contributed by atoms with Crippen LogP contribution in [0.25, 0.3) is 10.9 Å². The molecule has 0 amide bonds. The number of aromatic nitrogens is 2. The smallest absolute Gasteiger partial charge is 0.149 e. The third-order valence-electron chi connectivity index (χ3n) is 4.47. The van der Waals surface area contributed by atoms with Gasteiger partial charge in [-0.25, -0.2) is 4.39 Å². The molecule has 5 nitrogen and oxygen atoms in total. The van der Waals surface area contributed by atoms with E-state index >= 15 is 0 Å². The van der Waals surface area contributed by atoms with Gasteiger partial charge < -0.3 is 9.42 Å². The van der Waals surface area contributed by atoms with Gasteiger partial charge in [-0.1, -0.05) is 17.3 Å². The minimum atomic E-state index is -0.269. The molecule has 0 saturated carbocycles. The molecular formula is C18H19FN4O. The summed E-state index contributed by atoms with van der Waals surface area (Å²) in [6, 6.07) is 9.08. The zero-order valence-electron chi connectivity index (χ0n) is 13.6. The summed E-state index contributed by atoms with van der Waals surface area (Å²) in [5.74, 6) is 0.573. The molecule has 0 radical (unpaired) electrons. The van der Waals surface area contributed by atoms with Gasteiger partial charge in [0.15, 0.2) is 0 Å². The highest BCUT2D eigenvalue weighted by Gasteiger charge is 2.20. The molecule has 1 aliphatic heterocycles. The summed E-state index contributed by atoms with van der Waals surface area (Å²) < 4.78 is 19.1. The molecule has 0 spiro atoms. The molecule has 2 aromatic heterocycles. The summed E-state index contributed by atoms with van der Waals surface area (Å²) in [6.45, 7) is 6.37. The minimum absolute atomic E-state index is 0.269. The van der Waals surface area contributed by atoms with Crippen LogP contribution >= 0.6 is 0 Å². The molecule has 24 heavy (non-hydrogen) atoms. The topological polar surface area (TPSA) is 45.4 Å². The number of rotatable bonds is 3. The molecule has 0 atom stereocenters. The third kappa shape index (κ3) is 2.85. The summed E-state index contributed by atoms with van der Waals surface area (Å²) in [7, 11) is 0. The summed E-state index contributed by atoms with van der Waals surface area (Å²) in [6.07, 6.45) is 1.69. The highest BCUT2D eigenvalue weighted by molar-refractivity contribution is 5.91. The molecule has 1 fully saturated rings. The van der Waals surface area contributed by atoms with Gasteiger partial charge in [-0.15, -0.1) is 0 Å². The van der Waals surface area contributed by atoms with Crippen molar-refractivity contribution >= 4 is 16.6 Å². The number of pyridine rings is 1. The Hall–Kier alpha value is -2.47. The van der Waals surface area contributed by atoms with E-state index in [0.29, 0.717) is 5.52 Å². The number of fused-ring (bicyclic) bond motifs is 1. The summed E-state index contributed by atoms with van der Waals surface area (Å²) in [4.78, 5) is 8.84. The Morgan fingerprint density at radius 1 is 1.17 bits per heavy atom. The van der Waals surface area contributed by atoms with Crippen molar-refractivity contribution in [3.05, 3.63) is 53.8 Å². The van der Waals surface area contributed by atoms with Crippen LogP contribution < -0.4 is 4.90 Å². The number of nitrogens with zero attached hydrogens (tertiary/aromatic N) is 4. The molecule has 124 valence electrons. The predicted octanol–water partition coefficient (Wildman–Crippen LogP) is 2.99. The average Bonchev–Trinajstić information content (AvgIpc) is 3.01. The van der Waals surface area contributed by atoms with E-state index in [0.717, 1.165) is 55.3 Å². The molecule has 3 aromatic rings. The Bertz CT molecular complexity index is 855. The fraction of sp³-hybridized carbons (Fsp3) is 0.333.